The van der Waals surface area contributed by atoms with E-state index in [1.165, 1.54) is 6.07 Å². The van der Waals surface area contributed by atoms with Gasteiger partial charge in [0.05, 0.1) is 11.1 Å². The highest BCUT2D eigenvalue weighted by Gasteiger charge is 2.43. The standard InChI is InChI=1S/C19H19N3O4/c1-19(2)7-11-14(12(23)8-19)13(15-16(20-11)21-22-17(15)24)9-5-3-4-6-10(9)18(25)26/h3-6,13H,7-8H2,1-2H3,(H,25,26)(H3,20,21,22,24)/t13-/m0/s1. The molecule has 134 valence electrons. The monoisotopic (exact) mass is 353 g/mol. The van der Waals surface area contributed by atoms with E-state index >= 15 is 0 Å². The van der Waals surface area contributed by atoms with Crippen LogP contribution in [0.5, 0.6) is 0 Å². The first-order valence-corrected chi connectivity index (χ1v) is 8.44. The van der Waals surface area contributed by atoms with E-state index in [1.807, 2.05) is 13.8 Å². The molecule has 1 atom stereocenters. The maximum absolute atomic E-state index is 13.0. The third-order valence-electron chi connectivity index (χ3n) is 5.09. The van der Waals surface area contributed by atoms with Crippen LogP contribution >= 0.6 is 0 Å². The van der Waals surface area contributed by atoms with E-state index in [2.05, 4.69) is 15.5 Å². The van der Waals surface area contributed by atoms with Crippen molar-refractivity contribution in [3.8, 4) is 0 Å². The van der Waals surface area contributed by atoms with Gasteiger partial charge in [0.1, 0.15) is 5.82 Å². The van der Waals surface area contributed by atoms with Crippen molar-refractivity contribution in [2.24, 2.45) is 5.41 Å². The number of anilines is 1. The predicted octanol–water partition coefficient (Wildman–Crippen LogP) is 2.60. The van der Waals surface area contributed by atoms with Crippen LogP contribution in [0.25, 0.3) is 0 Å². The highest BCUT2D eigenvalue weighted by Crippen LogP contribution is 2.48. The fraction of sp³-hybridized carbons (Fsp3) is 0.316. The fourth-order valence-electron chi connectivity index (χ4n) is 4.07. The Bertz CT molecular complexity index is 1030. The summed E-state index contributed by atoms with van der Waals surface area (Å²) in [5, 5.41) is 18.1. The van der Waals surface area contributed by atoms with E-state index in [-0.39, 0.29) is 22.3 Å². The predicted molar refractivity (Wildman–Crippen MR) is 95.3 cm³/mol. The first kappa shape index (κ1) is 16.4. The zero-order valence-electron chi connectivity index (χ0n) is 14.5. The molecule has 0 unspecified atom stereocenters. The molecule has 0 radical (unpaired) electrons. The smallest absolute Gasteiger partial charge is 0.335 e. The molecule has 2 aliphatic rings. The van der Waals surface area contributed by atoms with Crippen LogP contribution in [-0.4, -0.2) is 27.1 Å². The van der Waals surface area contributed by atoms with Gasteiger partial charge in [-0.2, -0.15) is 0 Å². The Labute approximate surface area is 149 Å². The van der Waals surface area contributed by atoms with Crippen LogP contribution in [0.2, 0.25) is 0 Å². The third-order valence-corrected chi connectivity index (χ3v) is 5.09. The van der Waals surface area contributed by atoms with Crippen molar-refractivity contribution in [2.45, 2.75) is 32.6 Å². The van der Waals surface area contributed by atoms with Gasteiger partial charge in [0.25, 0.3) is 5.56 Å². The number of H-pyrrole nitrogens is 2. The van der Waals surface area contributed by atoms with Gasteiger partial charge in [-0.25, -0.2) is 4.79 Å². The number of fused-ring (bicyclic) bond motifs is 1. The minimum Gasteiger partial charge on any atom is -0.478 e. The lowest BCUT2D eigenvalue weighted by Gasteiger charge is -2.38. The second kappa shape index (κ2) is 5.45. The van der Waals surface area contributed by atoms with Crippen molar-refractivity contribution in [3.63, 3.8) is 0 Å². The van der Waals surface area contributed by atoms with Gasteiger partial charge >= 0.3 is 5.97 Å². The quantitative estimate of drug-likeness (QED) is 0.662. The molecule has 1 aliphatic heterocycles. The van der Waals surface area contributed by atoms with E-state index in [9.17, 15) is 19.5 Å². The van der Waals surface area contributed by atoms with Crippen LogP contribution in [0.15, 0.2) is 40.3 Å². The summed E-state index contributed by atoms with van der Waals surface area (Å²) in [5.74, 6) is -1.35. The Morgan fingerprint density at radius 1 is 1.15 bits per heavy atom. The molecule has 7 heteroatoms. The van der Waals surface area contributed by atoms with Gasteiger partial charge in [0, 0.05) is 23.6 Å². The number of carbonyl (C=O) groups excluding carboxylic acids is 1. The third kappa shape index (κ3) is 2.39. The van der Waals surface area contributed by atoms with Gasteiger partial charge in [-0.15, -0.1) is 0 Å². The molecule has 7 nitrogen and oxygen atoms in total. The molecular weight excluding hydrogens is 334 g/mol. The zero-order chi connectivity index (χ0) is 18.6. The number of aromatic carboxylic acids is 1. The molecular formula is C19H19N3O4. The van der Waals surface area contributed by atoms with Crippen LogP contribution in [0, 0.1) is 5.41 Å². The number of carboxylic acids is 1. The Kier molecular flexibility index (Phi) is 3.44. The lowest BCUT2D eigenvalue weighted by Crippen LogP contribution is -2.35. The van der Waals surface area contributed by atoms with E-state index in [0.29, 0.717) is 35.4 Å². The van der Waals surface area contributed by atoms with Crippen LogP contribution in [-0.2, 0) is 4.79 Å². The maximum atomic E-state index is 13.0. The van der Waals surface area contributed by atoms with Gasteiger partial charge < -0.3 is 10.4 Å². The maximum Gasteiger partial charge on any atom is 0.335 e. The fourth-order valence-corrected chi connectivity index (χ4v) is 4.07. The molecule has 1 aliphatic carbocycles. The Balaban J connectivity index is 2.01. The topological polar surface area (TPSA) is 115 Å². The minimum absolute atomic E-state index is 0.0554. The number of carboxylic acid groups (broad SMARTS) is 1. The second-order valence-corrected chi connectivity index (χ2v) is 7.65. The van der Waals surface area contributed by atoms with Crippen LogP contribution < -0.4 is 10.9 Å². The number of hydrogen-bond donors (Lipinski definition) is 4. The van der Waals surface area contributed by atoms with E-state index in [1.54, 1.807) is 18.2 Å². The van der Waals surface area contributed by atoms with E-state index < -0.39 is 11.9 Å². The van der Waals surface area contributed by atoms with E-state index in [0.717, 1.165) is 5.70 Å². The van der Waals surface area contributed by atoms with Crippen molar-refractivity contribution in [3.05, 3.63) is 62.6 Å². The SMILES string of the molecule is CC1(C)CC(=O)C2=C(C1)Nc1[nH][nH]c(=O)c1[C@H]2c1ccccc1C(=O)O. The summed E-state index contributed by atoms with van der Waals surface area (Å²) in [6.45, 7) is 4.04. The first-order chi connectivity index (χ1) is 12.3. The number of nitrogens with one attached hydrogen (secondary N) is 3. The highest BCUT2D eigenvalue weighted by atomic mass is 16.4. The molecule has 0 bridgehead atoms. The van der Waals surface area contributed by atoms with Crippen LogP contribution in [0.4, 0.5) is 5.82 Å². The largest absolute Gasteiger partial charge is 0.478 e. The van der Waals surface area contributed by atoms with Crippen molar-refractivity contribution < 1.29 is 14.7 Å². The van der Waals surface area contributed by atoms with Crippen molar-refractivity contribution >= 4 is 17.6 Å². The molecule has 2 heterocycles. The Morgan fingerprint density at radius 3 is 2.62 bits per heavy atom. The number of carbonyl (C=O) groups is 2. The summed E-state index contributed by atoms with van der Waals surface area (Å²) < 4.78 is 0. The Hall–Kier alpha value is -3.09. The van der Waals surface area contributed by atoms with Crippen molar-refractivity contribution in [2.75, 3.05) is 5.32 Å². The summed E-state index contributed by atoms with van der Waals surface area (Å²) in [7, 11) is 0. The van der Waals surface area contributed by atoms with Gasteiger partial charge in [-0.1, -0.05) is 32.0 Å². The normalized spacial score (nSPS) is 21.0. The number of allylic oxidation sites excluding steroid dienone is 2. The molecule has 26 heavy (non-hydrogen) atoms. The Morgan fingerprint density at radius 2 is 1.88 bits per heavy atom. The molecule has 0 spiro atoms. The summed E-state index contributed by atoms with van der Waals surface area (Å²) in [5.41, 5.74) is 1.58. The first-order valence-electron chi connectivity index (χ1n) is 8.44. The van der Waals surface area contributed by atoms with Gasteiger partial charge in [-0.3, -0.25) is 19.8 Å². The molecule has 0 amide bonds. The summed E-state index contributed by atoms with van der Waals surface area (Å²) in [4.78, 5) is 37.1. The van der Waals surface area contributed by atoms with E-state index in [4.69, 9.17) is 0 Å². The number of rotatable bonds is 2. The van der Waals surface area contributed by atoms with Gasteiger partial charge in [0.2, 0.25) is 0 Å². The molecule has 0 fully saturated rings. The average molecular weight is 353 g/mol. The molecule has 1 aromatic carbocycles. The zero-order valence-corrected chi connectivity index (χ0v) is 14.5. The lowest BCUT2D eigenvalue weighted by molar-refractivity contribution is -0.118. The molecule has 4 rings (SSSR count). The minimum atomic E-state index is -1.08. The van der Waals surface area contributed by atoms with Gasteiger partial charge in [-0.05, 0) is 23.5 Å². The number of aromatic amines is 2. The molecule has 4 N–H and O–H groups in total. The average Bonchev–Trinajstić information content (AvgIpc) is 2.92. The number of hydrogen-bond acceptors (Lipinski definition) is 4. The van der Waals surface area contributed by atoms with Crippen LogP contribution in [0.3, 0.4) is 0 Å². The lowest BCUT2D eigenvalue weighted by atomic mass is 9.69. The van der Waals surface area contributed by atoms with Crippen LogP contribution in [0.1, 0.15) is 54.1 Å². The molecule has 1 aromatic heterocycles. The number of ketones is 1. The molecule has 0 saturated heterocycles. The van der Waals surface area contributed by atoms with Crippen molar-refractivity contribution in [1.82, 2.24) is 10.2 Å². The van der Waals surface area contributed by atoms with Crippen molar-refractivity contribution in [1.29, 1.82) is 0 Å². The van der Waals surface area contributed by atoms with Gasteiger partial charge in [0.15, 0.2) is 5.78 Å². The highest BCUT2D eigenvalue weighted by molar-refractivity contribution is 6.02. The molecule has 0 saturated carbocycles. The number of benzene rings is 1. The summed E-state index contributed by atoms with van der Waals surface area (Å²) in [6, 6.07) is 6.53. The summed E-state index contributed by atoms with van der Waals surface area (Å²) in [6.07, 6.45) is 1.00. The summed E-state index contributed by atoms with van der Waals surface area (Å²) >= 11 is 0. The number of Topliss-reactive ketones (excluding diaryl/α,β-unsaturated/α-hetero) is 1. The second-order valence-electron chi connectivity index (χ2n) is 7.65. The number of aromatic nitrogens is 2. The molecule has 2 aromatic rings.